The number of halogens is 2. The number of carbonyl (C=O) groups excluding carboxylic acids is 1. The molecule has 2 heterocycles. The molecule has 3 rings (SSSR count). The lowest BCUT2D eigenvalue weighted by molar-refractivity contribution is 0.0976. The number of aromatic nitrogens is 1. The Morgan fingerprint density at radius 1 is 1.25 bits per heavy atom. The van der Waals surface area contributed by atoms with Crippen LogP contribution in [0.2, 0.25) is 0 Å². The molecule has 6 heteroatoms. The van der Waals surface area contributed by atoms with Gasteiger partial charge >= 0.3 is 0 Å². The van der Waals surface area contributed by atoms with Gasteiger partial charge in [-0.05, 0) is 56.1 Å². The van der Waals surface area contributed by atoms with E-state index >= 15 is 0 Å². The van der Waals surface area contributed by atoms with E-state index in [0.29, 0.717) is 12.5 Å². The van der Waals surface area contributed by atoms with Crippen LogP contribution in [0, 0.1) is 11.7 Å². The van der Waals surface area contributed by atoms with E-state index in [0.717, 1.165) is 31.6 Å². The maximum atomic E-state index is 13.9. The van der Waals surface area contributed by atoms with Crippen molar-refractivity contribution in [1.82, 2.24) is 10.3 Å². The Morgan fingerprint density at radius 2 is 2.04 bits per heavy atom. The minimum absolute atomic E-state index is 0. The van der Waals surface area contributed by atoms with E-state index in [1.54, 1.807) is 4.90 Å². The van der Waals surface area contributed by atoms with E-state index in [9.17, 15) is 9.18 Å². The Bertz CT molecular complexity index is 662. The van der Waals surface area contributed by atoms with E-state index in [-0.39, 0.29) is 24.0 Å². The Labute approximate surface area is 147 Å². The number of nitrogens with zero attached hydrogens (tertiary/aromatic N) is 2. The van der Waals surface area contributed by atoms with Gasteiger partial charge in [0.05, 0.1) is 0 Å². The Morgan fingerprint density at radius 3 is 2.71 bits per heavy atom. The molecule has 1 unspecified atom stereocenters. The highest BCUT2D eigenvalue weighted by molar-refractivity contribution is 6.04. The predicted molar refractivity (Wildman–Crippen MR) is 95.2 cm³/mol. The fourth-order valence-corrected chi connectivity index (χ4v) is 2.90. The number of nitrogens with one attached hydrogen (secondary N) is 1. The molecule has 1 fully saturated rings. The van der Waals surface area contributed by atoms with Crippen LogP contribution in [0.1, 0.15) is 23.3 Å². The molecule has 1 saturated heterocycles. The zero-order valence-corrected chi connectivity index (χ0v) is 14.1. The maximum absolute atomic E-state index is 13.9. The van der Waals surface area contributed by atoms with Gasteiger partial charge in [0.15, 0.2) is 11.5 Å². The van der Waals surface area contributed by atoms with Crippen molar-refractivity contribution in [2.45, 2.75) is 12.8 Å². The summed E-state index contributed by atoms with van der Waals surface area (Å²) in [7, 11) is 0. The van der Waals surface area contributed by atoms with Crippen molar-refractivity contribution < 1.29 is 9.18 Å². The minimum atomic E-state index is -0.582. The van der Waals surface area contributed by atoms with Crippen LogP contribution >= 0.6 is 12.4 Å². The van der Waals surface area contributed by atoms with Gasteiger partial charge in [-0.3, -0.25) is 4.79 Å². The number of hydrogen-bond donors (Lipinski definition) is 1. The van der Waals surface area contributed by atoms with E-state index in [1.165, 1.54) is 18.3 Å². The van der Waals surface area contributed by atoms with Gasteiger partial charge in [-0.25, -0.2) is 9.37 Å². The van der Waals surface area contributed by atoms with Crippen molar-refractivity contribution in [1.29, 1.82) is 0 Å². The first kappa shape index (κ1) is 18.4. The van der Waals surface area contributed by atoms with Gasteiger partial charge in [0.2, 0.25) is 0 Å². The molecule has 1 amide bonds. The zero-order chi connectivity index (χ0) is 16.1. The second-order valence-electron chi connectivity index (χ2n) is 5.77. The average Bonchev–Trinajstić information content (AvgIpc) is 3.10. The molecule has 1 aliphatic rings. The van der Waals surface area contributed by atoms with Crippen LogP contribution < -0.4 is 10.2 Å². The summed E-state index contributed by atoms with van der Waals surface area (Å²) in [4.78, 5) is 18.3. The number of pyridine rings is 1. The molecule has 4 nitrogen and oxygen atoms in total. The Hall–Kier alpha value is -1.98. The highest BCUT2D eigenvalue weighted by atomic mass is 35.5. The molecule has 0 spiro atoms. The second-order valence-corrected chi connectivity index (χ2v) is 5.77. The summed E-state index contributed by atoms with van der Waals surface area (Å²) in [6.07, 6.45) is 3.46. The lowest BCUT2D eigenvalue weighted by Crippen LogP contribution is -2.34. The van der Waals surface area contributed by atoms with Gasteiger partial charge in [-0.2, -0.15) is 0 Å². The molecule has 24 heavy (non-hydrogen) atoms. The third-order valence-corrected chi connectivity index (χ3v) is 4.20. The number of carbonyl (C=O) groups is 1. The molecular weight excluding hydrogens is 329 g/mol. The minimum Gasteiger partial charge on any atom is -0.316 e. The first-order valence-corrected chi connectivity index (χ1v) is 7.94. The van der Waals surface area contributed by atoms with Crippen molar-refractivity contribution in [3.8, 4) is 0 Å². The lowest BCUT2D eigenvalue weighted by atomic mass is 10.0. The normalized spacial score (nSPS) is 16.5. The monoisotopic (exact) mass is 349 g/mol. The van der Waals surface area contributed by atoms with Crippen molar-refractivity contribution >= 4 is 24.0 Å². The van der Waals surface area contributed by atoms with Crippen molar-refractivity contribution in [2.24, 2.45) is 5.92 Å². The molecule has 1 aromatic carbocycles. The second kappa shape index (κ2) is 8.76. The quantitative estimate of drug-likeness (QED) is 0.901. The average molecular weight is 350 g/mol. The fraction of sp³-hybridized carbons (Fsp3) is 0.333. The van der Waals surface area contributed by atoms with E-state index < -0.39 is 5.82 Å². The highest BCUT2D eigenvalue weighted by Gasteiger charge is 2.23. The van der Waals surface area contributed by atoms with Crippen LogP contribution in [-0.4, -0.2) is 30.5 Å². The van der Waals surface area contributed by atoms with Crippen molar-refractivity contribution in [3.05, 3.63) is 60.2 Å². The summed E-state index contributed by atoms with van der Waals surface area (Å²) in [6.45, 7) is 2.57. The number of para-hydroxylation sites is 1. The summed E-state index contributed by atoms with van der Waals surface area (Å²) < 4.78 is 13.9. The molecule has 2 aromatic rings. The van der Waals surface area contributed by atoms with Crippen LogP contribution in [0.3, 0.4) is 0 Å². The van der Waals surface area contributed by atoms with Gasteiger partial charge in [0.1, 0.15) is 0 Å². The Kier molecular flexibility index (Phi) is 6.70. The molecular formula is C18H21ClFN3O. The van der Waals surface area contributed by atoms with Crippen LogP contribution in [-0.2, 0) is 0 Å². The van der Waals surface area contributed by atoms with Gasteiger partial charge in [-0.1, -0.05) is 18.2 Å². The van der Waals surface area contributed by atoms with E-state index in [4.69, 9.17) is 0 Å². The third kappa shape index (κ3) is 4.30. The molecule has 1 aromatic heterocycles. The summed E-state index contributed by atoms with van der Waals surface area (Å²) in [5.74, 6) is -0.413. The number of anilines is 1. The summed E-state index contributed by atoms with van der Waals surface area (Å²) in [6, 6.07) is 12.1. The number of rotatable bonds is 5. The highest BCUT2D eigenvalue weighted by Crippen LogP contribution is 2.20. The molecule has 0 bridgehead atoms. The van der Waals surface area contributed by atoms with Crippen LogP contribution in [0.15, 0.2) is 48.7 Å². The van der Waals surface area contributed by atoms with E-state index in [1.807, 2.05) is 30.3 Å². The lowest BCUT2D eigenvalue weighted by Gasteiger charge is -2.24. The summed E-state index contributed by atoms with van der Waals surface area (Å²) in [5, 5.41) is 3.33. The predicted octanol–water partition coefficient (Wildman–Crippen LogP) is 3.29. The third-order valence-electron chi connectivity index (χ3n) is 4.20. The smallest absolute Gasteiger partial charge is 0.279 e. The molecule has 0 aliphatic carbocycles. The van der Waals surface area contributed by atoms with Gasteiger partial charge in [0.25, 0.3) is 5.91 Å². The molecule has 0 saturated carbocycles. The first-order valence-electron chi connectivity index (χ1n) is 7.94. The zero-order valence-electron chi connectivity index (χ0n) is 13.3. The van der Waals surface area contributed by atoms with Crippen molar-refractivity contribution in [3.63, 3.8) is 0 Å². The number of hydrogen-bond acceptors (Lipinski definition) is 3. The fourth-order valence-electron chi connectivity index (χ4n) is 2.90. The van der Waals surface area contributed by atoms with Crippen LogP contribution in [0.4, 0.5) is 10.1 Å². The first-order chi connectivity index (χ1) is 11.3. The molecule has 128 valence electrons. The van der Waals surface area contributed by atoms with Gasteiger partial charge in [-0.15, -0.1) is 12.4 Å². The van der Waals surface area contributed by atoms with Crippen LogP contribution in [0.25, 0.3) is 0 Å². The van der Waals surface area contributed by atoms with Crippen molar-refractivity contribution in [2.75, 3.05) is 24.5 Å². The standard InChI is InChI=1S/C18H20FN3O.ClH/c19-16-7-4-10-21-17(16)18(23)22(15-5-2-1-3-6-15)12-9-14-8-11-20-13-14;/h1-7,10,14,20H,8-9,11-13H2;1H. The Balaban J connectivity index is 0.00000208. The van der Waals surface area contributed by atoms with E-state index in [2.05, 4.69) is 10.3 Å². The number of amides is 1. The number of benzene rings is 1. The molecule has 1 atom stereocenters. The van der Waals surface area contributed by atoms with Gasteiger partial charge in [0, 0.05) is 18.4 Å². The molecule has 1 aliphatic heterocycles. The maximum Gasteiger partial charge on any atom is 0.279 e. The largest absolute Gasteiger partial charge is 0.316 e. The summed E-state index contributed by atoms with van der Waals surface area (Å²) in [5.41, 5.74) is 0.648. The SMILES string of the molecule is Cl.O=C(c1ncccc1F)N(CCC1CCNC1)c1ccccc1. The molecule has 1 N–H and O–H groups in total. The molecule has 0 radical (unpaired) electrons. The summed E-state index contributed by atoms with van der Waals surface area (Å²) >= 11 is 0. The van der Waals surface area contributed by atoms with Gasteiger partial charge < -0.3 is 10.2 Å². The topological polar surface area (TPSA) is 45.2 Å². The van der Waals surface area contributed by atoms with Crippen LogP contribution in [0.5, 0.6) is 0 Å².